The molecule has 12 heteroatoms. The second kappa shape index (κ2) is 10.6. The van der Waals surface area contributed by atoms with Crippen LogP contribution in [0.2, 0.25) is 5.02 Å². The van der Waals surface area contributed by atoms with E-state index < -0.39 is 51.0 Å². The van der Waals surface area contributed by atoms with Gasteiger partial charge in [-0.15, -0.1) is 0 Å². The van der Waals surface area contributed by atoms with Crippen molar-refractivity contribution in [3.63, 3.8) is 0 Å². The molecule has 0 aromatic heterocycles. The molecule has 0 heterocycles. The molecule has 0 unspecified atom stereocenters. The van der Waals surface area contributed by atoms with E-state index >= 15 is 0 Å². The molecule has 37 heavy (non-hydrogen) atoms. The molecule has 0 amide bonds. The number of alkyl halides is 3. The molecule has 0 saturated heterocycles. The van der Waals surface area contributed by atoms with Gasteiger partial charge in [0.05, 0.1) is 10.5 Å². The van der Waals surface area contributed by atoms with E-state index in [-0.39, 0.29) is 5.75 Å². The molecule has 0 saturated carbocycles. The van der Waals surface area contributed by atoms with Crippen LogP contribution in [0.1, 0.15) is 35.6 Å². The highest BCUT2D eigenvalue weighted by Crippen LogP contribution is 2.40. The fraction of sp³-hybridized carbons (Fsp3) is 0.240. The van der Waals surface area contributed by atoms with Crippen LogP contribution < -0.4 is 14.2 Å². The van der Waals surface area contributed by atoms with Crippen molar-refractivity contribution in [2.24, 2.45) is 0 Å². The lowest BCUT2D eigenvalue weighted by atomic mass is 9.87. The van der Waals surface area contributed by atoms with Crippen molar-refractivity contribution in [2.75, 3.05) is 6.61 Å². The first-order valence-electron chi connectivity index (χ1n) is 11.1. The fourth-order valence-electron chi connectivity index (χ4n) is 4.08. The van der Waals surface area contributed by atoms with Crippen LogP contribution in [0.3, 0.4) is 0 Å². The van der Waals surface area contributed by atoms with Gasteiger partial charge in [-0.25, -0.2) is 17.9 Å². The van der Waals surface area contributed by atoms with Crippen LogP contribution in [0.4, 0.5) is 13.2 Å². The number of sulfonamides is 1. The number of benzene rings is 3. The van der Waals surface area contributed by atoms with Gasteiger partial charge in [0.25, 0.3) is 0 Å². The summed E-state index contributed by atoms with van der Waals surface area (Å²) in [5.74, 6) is -1.29. The molecule has 1 atom stereocenters. The average Bonchev–Trinajstić information content (AvgIpc) is 2.83. The summed E-state index contributed by atoms with van der Waals surface area (Å²) >= 11 is 5.80. The zero-order valence-corrected chi connectivity index (χ0v) is 20.7. The molecule has 1 aliphatic rings. The van der Waals surface area contributed by atoms with Crippen molar-refractivity contribution in [1.29, 1.82) is 0 Å². The lowest BCUT2D eigenvalue weighted by Gasteiger charge is -2.28. The van der Waals surface area contributed by atoms with Gasteiger partial charge < -0.3 is 14.6 Å². The van der Waals surface area contributed by atoms with Gasteiger partial charge >= 0.3 is 12.1 Å². The lowest BCUT2D eigenvalue weighted by molar-refractivity contribution is -0.140. The first-order chi connectivity index (χ1) is 17.4. The maximum atomic E-state index is 13.8. The van der Waals surface area contributed by atoms with Crippen molar-refractivity contribution >= 4 is 27.6 Å². The van der Waals surface area contributed by atoms with E-state index in [1.54, 1.807) is 18.2 Å². The second-order valence-electron chi connectivity index (χ2n) is 8.28. The van der Waals surface area contributed by atoms with Gasteiger partial charge in [0, 0.05) is 11.1 Å². The zero-order valence-electron chi connectivity index (χ0n) is 19.1. The third-order valence-electron chi connectivity index (χ3n) is 5.72. The Bertz CT molecular complexity index is 1410. The number of hydrogen-bond acceptors (Lipinski definition) is 5. The Hall–Kier alpha value is -3.28. The van der Waals surface area contributed by atoms with Crippen molar-refractivity contribution in [3.8, 4) is 17.2 Å². The molecule has 7 nitrogen and oxygen atoms in total. The fourth-order valence-corrected chi connectivity index (χ4v) is 5.49. The Balaban J connectivity index is 1.63. The molecule has 196 valence electrons. The number of fused-ring (bicyclic) bond motifs is 1. The van der Waals surface area contributed by atoms with Crippen LogP contribution in [0, 0.1) is 0 Å². The van der Waals surface area contributed by atoms with Crippen LogP contribution in [-0.2, 0) is 27.4 Å². The number of carboxylic acids is 1. The van der Waals surface area contributed by atoms with Crippen LogP contribution in [-0.4, -0.2) is 26.1 Å². The molecule has 3 aromatic rings. The quantitative estimate of drug-likeness (QED) is 0.355. The Kier molecular flexibility index (Phi) is 7.67. The lowest BCUT2D eigenvalue weighted by Crippen LogP contribution is -2.31. The molecule has 0 radical (unpaired) electrons. The van der Waals surface area contributed by atoms with Gasteiger partial charge in [-0.1, -0.05) is 23.7 Å². The number of carbonyl (C=O) groups is 1. The monoisotopic (exact) mass is 555 g/mol. The number of nitrogens with one attached hydrogen (secondary N) is 1. The smallest absolute Gasteiger partial charge is 0.420 e. The third kappa shape index (κ3) is 6.35. The van der Waals surface area contributed by atoms with E-state index in [1.807, 2.05) is 0 Å². The minimum absolute atomic E-state index is 0.100. The predicted molar refractivity (Wildman–Crippen MR) is 129 cm³/mol. The molecule has 4 rings (SSSR count). The van der Waals surface area contributed by atoms with E-state index in [9.17, 15) is 26.4 Å². The summed E-state index contributed by atoms with van der Waals surface area (Å²) < 4.78 is 81.0. The molecule has 0 bridgehead atoms. The third-order valence-corrected chi connectivity index (χ3v) is 7.44. The number of rotatable bonds is 8. The highest BCUT2D eigenvalue weighted by Gasteiger charge is 2.37. The van der Waals surface area contributed by atoms with E-state index in [0.717, 1.165) is 12.1 Å². The van der Waals surface area contributed by atoms with Gasteiger partial charge in [-0.3, -0.25) is 0 Å². The summed E-state index contributed by atoms with van der Waals surface area (Å²) in [6.07, 6.45) is -3.38. The van der Waals surface area contributed by atoms with E-state index in [2.05, 4.69) is 4.72 Å². The number of halogens is 4. The topological polar surface area (TPSA) is 102 Å². The van der Waals surface area contributed by atoms with Crippen LogP contribution in [0.5, 0.6) is 17.2 Å². The summed E-state index contributed by atoms with van der Waals surface area (Å²) in [5, 5.41) is 9.27. The standard InChI is InChI=1S/C25H21ClF3NO6S/c26-15-7-9-16(10-8-15)36-23-12-11-17(13-20(23)25(27,28)29)37(33,34)30-21-5-1-4-19-18(21)3-2-6-22(19)35-14-24(31)32/h2-3,6-13,21,30H,1,4-5,14H2,(H,31,32)/t21-/m1/s1. The summed E-state index contributed by atoms with van der Waals surface area (Å²) in [5.41, 5.74) is -0.0134. The Morgan fingerprint density at radius 2 is 1.81 bits per heavy atom. The summed E-state index contributed by atoms with van der Waals surface area (Å²) in [4.78, 5) is 10.3. The average molecular weight is 556 g/mol. The van der Waals surface area contributed by atoms with Crippen molar-refractivity contribution in [1.82, 2.24) is 4.72 Å². The van der Waals surface area contributed by atoms with Gasteiger partial charge in [-0.05, 0) is 78.9 Å². The highest BCUT2D eigenvalue weighted by atomic mass is 35.5. The van der Waals surface area contributed by atoms with Crippen LogP contribution in [0.25, 0.3) is 0 Å². The number of ether oxygens (including phenoxy) is 2. The molecule has 1 aliphatic carbocycles. The predicted octanol–water partition coefficient (Wildman–Crippen LogP) is 5.97. The van der Waals surface area contributed by atoms with Gasteiger partial charge in [-0.2, -0.15) is 13.2 Å². The molecular weight excluding hydrogens is 535 g/mol. The summed E-state index contributed by atoms with van der Waals surface area (Å²) in [6.45, 7) is -0.558. The summed E-state index contributed by atoms with van der Waals surface area (Å²) in [6, 6.07) is 12.4. The van der Waals surface area contributed by atoms with E-state index in [1.165, 1.54) is 24.3 Å². The van der Waals surface area contributed by atoms with Gasteiger partial charge in [0.1, 0.15) is 17.2 Å². The zero-order chi connectivity index (χ0) is 26.8. The molecular formula is C25H21ClF3NO6S. The molecule has 0 fully saturated rings. The molecule has 3 aromatic carbocycles. The maximum Gasteiger partial charge on any atom is 0.420 e. The first kappa shape index (κ1) is 26.8. The van der Waals surface area contributed by atoms with Crippen molar-refractivity contribution in [3.05, 3.63) is 82.4 Å². The first-order valence-corrected chi connectivity index (χ1v) is 12.9. The summed E-state index contributed by atoms with van der Waals surface area (Å²) in [7, 11) is -4.38. The second-order valence-corrected chi connectivity index (χ2v) is 10.4. The number of hydrogen-bond donors (Lipinski definition) is 2. The van der Waals surface area contributed by atoms with Gasteiger partial charge in [0.15, 0.2) is 6.61 Å². The molecule has 0 spiro atoms. The minimum Gasteiger partial charge on any atom is -0.482 e. The highest BCUT2D eigenvalue weighted by molar-refractivity contribution is 7.89. The van der Waals surface area contributed by atoms with E-state index in [4.69, 9.17) is 26.2 Å². The van der Waals surface area contributed by atoms with Crippen molar-refractivity contribution < 1.29 is 41.0 Å². The maximum absolute atomic E-state index is 13.8. The van der Waals surface area contributed by atoms with Crippen LogP contribution in [0.15, 0.2) is 65.6 Å². The largest absolute Gasteiger partial charge is 0.482 e. The van der Waals surface area contributed by atoms with Crippen LogP contribution >= 0.6 is 11.6 Å². The Labute approximate surface area is 215 Å². The Morgan fingerprint density at radius 1 is 1.08 bits per heavy atom. The van der Waals surface area contributed by atoms with E-state index in [0.29, 0.717) is 47.2 Å². The number of aliphatic carboxylic acids is 1. The Morgan fingerprint density at radius 3 is 2.49 bits per heavy atom. The molecule has 2 N–H and O–H groups in total. The van der Waals surface area contributed by atoms with Crippen molar-refractivity contribution in [2.45, 2.75) is 36.4 Å². The number of carboxylic acid groups (broad SMARTS) is 1. The minimum atomic E-state index is -4.89. The van der Waals surface area contributed by atoms with Gasteiger partial charge in [0.2, 0.25) is 10.0 Å². The SMILES string of the molecule is O=C(O)COc1cccc2c1CCC[C@H]2NS(=O)(=O)c1ccc(Oc2ccc(Cl)cc2)c(C(F)(F)F)c1. The molecule has 0 aliphatic heterocycles. The normalized spacial score (nSPS) is 15.6.